The molecule has 1 amide bonds. The number of aromatic nitrogens is 2. The normalized spacial score (nSPS) is 18.4. The van der Waals surface area contributed by atoms with Gasteiger partial charge in [0.2, 0.25) is 5.91 Å². The summed E-state index contributed by atoms with van der Waals surface area (Å²) in [4.78, 5) is 32.3. The maximum Gasteiger partial charge on any atom is 0.239 e. The van der Waals surface area contributed by atoms with E-state index in [2.05, 4.69) is 45.0 Å². The van der Waals surface area contributed by atoms with Crippen molar-refractivity contribution in [3.05, 3.63) is 30.1 Å². The summed E-state index contributed by atoms with van der Waals surface area (Å²) >= 11 is 0. The zero-order chi connectivity index (χ0) is 22.3. The van der Waals surface area contributed by atoms with Crippen molar-refractivity contribution in [3.8, 4) is 0 Å². The number of halogens is 1. The summed E-state index contributed by atoms with van der Waals surface area (Å²) in [5.41, 5.74) is 2.12. The number of hydrogen-bond acceptors (Lipinski definition) is 4. The smallest absolute Gasteiger partial charge is 0.239 e. The van der Waals surface area contributed by atoms with E-state index in [-0.39, 0.29) is 30.0 Å². The van der Waals surface area contributed by atoms with Gasteiger partial charge in [-0.25, -0.2) is 4.98 Å². The zero-order valence-corrected chi connectivity index (χ0v) is 22.3. The molecular formula is C24H38IN7O. The van der Waals surface area contributed by atoms with Crippen LogP contribution in [0.5, 0.6) is 0 Å². The average molecular weight is 568 g/mol. The molecule has 1 aromatic carbocycles. The number of para-hydroxylation sites is 2. The Hall–Kier alpha value is -1.88. The molecule has 1 aromatic heterocycles. The fraction of sp³-hybridized carbons (Fsp3) is 0.625. The average Bonchev–Trinajstić information content (AvgIpc) is 3.50. The predicted octanol–water partition coefficient (Wildman–Crippen LogP) is 2.71. The number of aliphatic imine (C=N–C) groups is 1. The van der Waals surface area contributed by atoms with E-state index in [1.807, 2.05) is 23.1 Å². The standard InChI is InChI=1S/C24H37N7O.HI/c1-3-25-24(26-12-8-11-22-27-20-9-4-5-10-21(20)28-22)31-17-15-29(16-18-31)19(2)23(32)30-13-6-7-14-30;/h4-5,9-10,19H,3,6-8,11-18H2,1-2H3,(H,25,26)(H,27,28);1H. The molecule has 0 saturated carbocycles. The van der Waals surface area contributed by atoms with E-state index in [9.17, 15) is 4.79 Å². The zero-order valence-electron chi connectivity index (χ0n) is 19.9. The van der Waals surface area contributed by atoms with Crippen LogP contribution in [-0.4, -0.2) is 94.9 Å². The van der Waals surface area contributed by atoms with Crippen LogP contribution in [0.3, 0.4) is 0 Å². The number of imidazole rings is 1. The molecule has 1 unspecified atom stereocenters. The third-order valence-electron chi connectivity index (χ3n) is 6.54. The monoisotopic (exact) mass is 567 g/mol. The molecular weight excluding hydrogens is 529 g/mol. The number of rotatable bonds is 7. The van der Waals surface area contributed by atoms with Crippen molar-refractivity contribution in [2.45, 2.75) is 45.6 Å². The first-order valence-electron chi connectivity index (χ1n) is 12.2. The minimum Gasteiger partial charge on any atom is -0.357 e. The fourth-order valence-electron chi connectivity index (χ4n) is 4.66. The largest absolute Gasteiger partial charge is 0.357 e. The van der Waals surface area contributed by atoms with Crippen LogP contribution in [0.25, 0.3) is 11.0 Å². The number of carbonyl (C=O) groups is 1. The number of nitrogens with zero attached hydrogens (tertiary/aromatic N) is 5. The van der Waals surface area contributed by atoms with Crippen molar-refractivity contribution < 1.29 is 4.79 Å². The van der Waals surface area contributed by atoms with Gasteiger partial charge in [0.05, 0.1) is 17.1 Å². The number of nitrogens with one attached hydrogen (secondary N) is 2. The summed E-state index contributed by atoms with van der Waals surface area (Å²) < 4.78 is 0. The van der Waals surface area contributed by atoms with Crippen LogP contribution in [0, 0.1) is 0 Å². The van der Waals surface area contributed by atoms with Gasteiger partial charge in [0.25, 0.3) is 0 Å². The first-order chi connectivity index (χ1) is 15.7. The second-order valence-corrected chi connectivity index (χ2v) is 8.77. The molecule has 1 atom stereocenters. The van der Waals surface area contributed by atoms with Crippen LogP contribution in [0.1, 0.15) is 38.9 Å². The highest BCUT2D eigenvalue weighted by molar-refractivity contribution is 14.0. The second kappa shape index (κ2) is 12.5. The quantitative estimate of drug-likeness (QED) is 0.233. The molecule has 2 aromatic rings. The topological polar surface area (TPSA) is 79.9 Å². The van der Waals surface area contributed by atoms with Crippen molar-refractivity contribution in [1.82, 2.24) is 30.0 Å². The summed E-state index contributed by atoms with van der Waals surface area (Å²) in [6.45, 7) is 11.2. The number of benzene rings is 1. The van der Waals surface area contributed by atoms with Gasteiger partial charge in [-0.3, -0.25) is 14.7 Å². The van der Waals surface area contributed by atoms with Gasteiger partial charge >= 0.3 is 0 Å². The van der Waals surface area contributed by atoms with Crippen LogP contribution >= 0.6 is 24.0 Å². The Morgan fingerprint density at radius 3 is 2.55 bits per heavy atom. The Labute approximate surface area is 214 Å². The number of piperazine rings is 1. The van der Waals surface area contributed by atoms with E-state index >= 15 is 0 Å². The van der Waals surface area contributed by atoms with Crippen molar-refractivity contribution in [2.24, 2.45) is 4.99 Å². The van der Waals surface area contributed by atoms with Crippen molar-refractivity contribution in [2.75, 3.05) is 52.4 Å². The molecule has 0 bridgehead atoms. The fourth-order valence-corrected chi connectivity index (χ4v) is 4.66. The Morgan fingerprint density at radius 2 is 1.85 bits per heavy atom. The molecule has 9 heteroatoms. The molecule has 2 aliphatic rings. The number of aryl methyl sites for hydroxylation is 1. The van der Waals surface area contributed by atoms with Crippen molar-refractivity contribution in [3.63, 3.8) is 0 Å². The van der Waals surface area contributed by atoms with E-state index < -0.39 is 0 Å². The summed E-state index contributed by atoms with van der Waals surface area (Å²) in [6.07, 6.45) is 4.13. The minimum atomic E-state index is -0.0291. The SMILES string of the molecule is CCNC(=NCCCc1nc2ccccc2[nH]1)N1CCN(C(C)C(=O)N2CCCC2)CC1.I. The molecule has 0 radical (unpaired) electrons. The van der Waals surface area contributed by atoms with Crippen LogP contribution in [0.15, 0.2) is 29.3 Å². The molecule has 182 valence electrons. The Bertz CT molecular complexity index is 883. The lowest BCUT2D eigenvalue weighted by molar-refractivity contribution is -0.135. The van der Waals surface area contributed by atoms with E-state index in [1.54, 1.807) is 0 Å². The molecule has 2 fully saturated rings. The Morgan fingerprint density at radius 1 is 1.12 bits per heavy atom. The van der Waals surface area contributed by atoms with Crippen LogP contribution in [0.4, 0.5) is 0 Å². The molecule has 33 heavy (non-hydrogen) atoms. The molecule has 2 saturated heterocycles. The molecule has 3 heterocycles. The molecule has 2 N–H and O–H groups in total. The van der Waals surface area contributed by atoms with E-state index in [4.69, 9.17) is 4.99 Å². The summed E-state index contributed by atoms with van der Waals surface area (Å²) in [6, 6.07) is 8.12. The summed E-state index contributed by atoms with van der Waals surface area (Å²) in [5.74, 6) is 2.30. The van der Waals surface area contributed by atoms with Crippen LogP contribution in [-0.2, 0) is 11.2 Å². The van der Waals surface area contributed by atoms with Gasteiger partial charge in [0.15, 0.2) is 5.96 Å². The maximum absolute atomic E-state index is 12.7. The molecule has 0 aliphatic carbocycles. The van der Waals surface area contributed by atoms with Gasteiger partial charge in [-0.15, -0.1) is 24.0 Å². The first kappa shape index (κ1) is 25.7. The van der Waals surface area contributed by atoms with Crippen molar-refractivity contribution >= 4 is 46.9 Å². The first-order valence-corrected chi connectivity index (χ1v) is 12.2. The highest BCUT2D eigenvalue weighted by Crippen LogP contribution is 2.14. The van der Waals surface area contributed by atoms with Gasteiger partial charge in [-0.1, -0.05) is 12.1 Å². The summed E-state index contributed by atoms with van der Waals surface area (Å²) in [7, 11) is 0. The van der Waals surface area contributed by atoms with Gasteiger partial charge in [0, 0.05) is 58.8 Å². The Balaban J connectivity index is 0.00000306. The maximum atomic E-state index is 12.7. The second-order valence-electron chi connectivity index (χ2n) is 8.77. The summed E-state index contributed by atoms with van der Waals surface area (Å²) in [5, 5.41) is 3.44. The number of carbonyl (C=O) groups excluding carboxylic acids is 1. The van der Waals surface area contributed by atoms with Gasteiger partial charge in [-0.2, -0.15) is 0 Å². The number of guanidine groups is 1. The molecule has 0 spiro atoms. The van der Waals surface area contributed by atoms with Crippen LogP contribution < -0.4 is 5.32 Å². The van der Waals surface area contributed by atoms with Crippen LogP contribution in [0.2, 0.25) is 0 Å². The number of fused-ring (bicyclic) bond motifs is 1. The lowest BCUT2D eigenvalue weighted by Crippen LogP contribution is -2.57. The van der Waals surface area contributed by atoms with E-state index in [0.717, 1.165) is 101 Å². The number of aromatic amines is 1. The highest BCUT2D eigenvalue weighted by Gasteiger charge is 2.30. The number of H-pyrrole nitrogens is 1. The minimum absolute atomic E-state index is 0. The molecule has 4 rings (SSSR count). The van der Waals surface area contributed by atoms with Crippen molar-refractivity contribution in [1.29, 1.82) is 0 Å². The Kier molecular flexibility index (Phi) is 9.78. The highest BCUT2D eigenvalue weighted by atomic mass is 127. The predicted molar refractivity (Wildman–Crippen MR) is 144 cm³/mol. The third kappa shape index (κ3) is 6.59. The van der Waals surface area contributed by atoms with E-state index in [0.29, 0.717) is 5.91 Å². The lowest BCUT2D eigenvalue weighted by atomic mass is 10.2. The van der Waals surface area contributed by atoms with Gasteiger partial charge in [0.1, 0.15) is 5.82 Å². The molecule has 2 aliphatic heterocycles. The molecule has 8 nitrogen and oxygen atoms in total. The number of hydrogen-bond donors (Lipinski definition) is 2. The number of likely N-dealkylation sites (tertiary alicyclic amines) is 1. The lowest BCUT2D eigenvalue weighted by Gasteiger charge is -2.39. The third-order valence-corrected chi connectivity index (χ3v) is 6.54. The van der Waals surface area contributed by atoms with Gasteiger partial charge in [-0.05, 0) is 45.2 Å². The number of amides is 1. The van der Waals surface area contributed by atoms with E-state index in [1.165, 1.54) is 0 Å². The van der Waals surface area contributed by atoms with Gasteiger partial charge < -0.3 is 20.1 Å².